The number of rotatable bonds is 4. The lowest BCUT2D eigenvalue weighted by Gasteiger charge is -2.18. The van der Waals surface area contributed by atoms with Crippen molar-refractivity contribution in [2.45, 2.75) is 53.9 Å². The van der Waals surface area contributed by atoms with Gasteiger partial charge in [-0.15, -0.1) is 0 Å². The third-order valence-electron chi connectivity index (χ3n) is 2.39. The molecule has 0 aromatic rings. The third kappa shape index (κ3) is 5.49. The van der Waals surface area contributed by atoms with Gasteiger partial charge in [0.05, 0.1) is 0 Å². The second-order valence-corrected chi connectivity index (χ2v) is 5.49. The van der Waals surface area contributed by atoms with Crippen LogP contribution < -0.4 is 0 Å². The van der Waals surface area contributed by atoms with E-state index in [4.69, 9.17) is 11.6 Å². The van der Waals surface area contributed by atoms with Crippen molar-refractivity contribution < 1.29 is 0 Å². The lowest BCUT2D eigenvalue weighted by Crippen LogP contribution is -2.05. The average molecular weight is 215 g/mol. The summed E-state index contributed by atoms with van der Waals surface area (Å²) in [6.07, 6.45) is 3.14. The Morgan fingerprint density at radius 2 is 1.79 bits per heavy atom. The third-order valence-corrected chi connectivity index (χ3v) is 2.98. The van der Waals surface area contributed by atoms with Crippen molar-refractivity contribution >= 4 is 11.6 Å². The van der Waals surface area contributed by atoms with Crippen LogP contribution in [0, 0.1) is 5.41 Å². The lowest BCUT2D eigenvalue weighted by molar-refractivity contribution is 0.379. The number of hydrogen-bond donors (Lipinski definition) is 0. The smallest absolute Gasteiger partial charge is 0.0421 e. The largest absolute Gasteiger partial charge is 0.0943 e. The van der Waals surface area contributed by atoms with Gasteiger partial charge in [0.15, 0.2) is 0 Å². The molecule has 14 heavy (non-hydrogen) atoms. The molecule has 0 atom stereocenters. The summed E-state index contributed by atoms with van der Waals surface area (Å²) in [6, 6.07) is 0. The molecule has 0 radical (unpaired) electrons. The maximum absolute atomic E-state index is 6.19. The first-order chi connectivity index (χ1) is 6.28. The average Bonchev–Trinajstić information content (AvgIpc) is 2.10. The van der Waals surface area contributed by atoms with E-state index >= 15 is 0 Å². The van der Waals surface area contributed by atoms with E-state index in [2.05, 4.69) is 41.2 Å². The molecule has 0 amide bonds. The molecule has 82 valence electrons. The van der Waals surface area contributed by atoms with Crippen molar-refractivity contribution in [2.24, 2.45) is 5.41 Å². The highest BCUT2D eigenvalue weighted by Crippen LogP contribution is 2.28. The Hall–Kier alpha value is -0.230. The summed E-state index contributed by atoms with van der Waals surface area (Å²) in [6.45, 7) is 15.0. The summed E-state index contributed by atoms with van der Waals surface area (Å²) >= 11 is 6.19. The molecule has 0 spiro atoms. The first kappa shape index (κ1) is 13.8. The van der Waals surface area contributed by atoms with E-state index < -0.39 is 0 Å². The summed E-state index contributed by atoms with van der Waals surface area (Å²) in [5, 5.41) is 0.886. The van der Waals surface area contributed by atoms with E-state index in [1.54, 1.807) is 0 Å². The van der Waals surface area contributed by atoms with Gasteiger partial charge >= 0.3 is 0 Å². The van der Waals surface area contributed by atoms with E-state index in [9.17, 15) is 0 Å². The Kier molecular flexibility index (Phi) is 5.51. The number of halogens is 1. The summed E-state index contributed by atoms with van der Waals surface area (Å²) in [7, 11) is 0. The number of hydrogen-bond acceptors (Lipinski definition) is 0. The summed E-state index contributed by atoms with van der Waals surface area (Å²) in [5.41, 5.74) is 2.69. The van der Waals surface area contributed by atoms with Gasteiger partial charge in [-0.1, -0.05) is 51.4 Å². The minimum atomic E-state index is 0.361. The van der Waals surface area contributed by atoms with Crippen molar-refractivity contribution in [1.82, 2.24) is 0 Å². The van der Waals surface area contributed by atoms with Crippen molar-refractivity contribution in [3.05, 3.63) is 22.8 Å². The Morgan fingerprint density at radius 1 is 1.29 bits per heavy atom. The fraction of sp³-hybridized carbons (Fsp3) is 0.692. The molecule has 0 heterocycles. The monoisotopic (exact) mass is 214 g/mol. The second-order valence-electron chi connectivity index (χ2n) is 5.11. The Bertz CT molecular complexity index is 228. The topological polar surface area (TPSA) is 0 Å². The van der Waals surface area contributed by atoms with Crippen molar-refractivity contribution in [3.8, 4) is 0 Å². The minimum absolute atomic E-state index is 0.361. The van der Waals surface area contributed by atoms with Gasteiger partial charge in [-0.05, 0) is 37.2 Å². The standard InChI is InChI=1S/C13H23Cl/c1-7-10(2)12(14)11(3)8-9-13(4,5)6/h3,7-9H2,1-2,4-6H3/b12-10+. The highest BCUT2D eigenvalue weighted by molar-refractivity contribution is 6.32. The van der Waals surface area contributed by atoms with Gasteiger partial charge in [-0.25, -0.2) is 0 Å². The predicted octanol–water partition coefficient (Wildman–Crippen LogP) is 5.29. The van der Waals surface area contributed by atoms with E-state index in [1.807, 2.05) is 0 Å². The second kappa shape index (κ2) is 5.60. The Balaban J connectivity index is 4.24. The molecule has 0 unspecified atom stereocenters. The maximum atomic E-state index is 6.19. The van der Waals surface area contributed by atoms with Crippen LogP contribution in [0.4, 0.5) is 0 Å². The highest BCUT2D eigenvalue weighted by Gasteiger charge is 2.12. The molecule has 0 aliphatic heterocycles. The highest BCUT2D eigenvalue weighted by atomic mass is 35.5. The molecular weight excluding hydrogens is 192 g/mol. The molecule has 1 heteroatoms. The zero-order valence-corrected chi connectivity index (χ0v) is 11.0. The van der Waals surface area contributed by atoms with Crippen LogP contribution in [0.3, 0.4) is 0 Å². The molecule has 0 aromatic heterocycles. The first-order valence-corrected chi connectivity index (χ1v) is 5.69. The van der Waals surface area contributed by atoms with Crippen LogP contribution in [0.5, 0.6) is 0 Å². The van der Waals surface area contributed by atoms with Crippen LogP contribution in [0.2, 0.25) is 0 Å². The van der Waals surface area contributed by atoms with E-state index in [0.29, 0.717) is 5.41 Å². The quantitative estimate of drug-likeness (QED) is 0.558. The Labute approximate surface area is 94.0 Å². The van der Waals surface area contributed by atoms with Crippen LogP contribution in [0.15, 0.2) is 22.8 Å². The van der Waals surface area contributed by atoms with Gasteiger partial charge in [-0.2, -0.15) is 0 Å². The van der Waals surface area contributed by atoms with E-state index in [1.165, 1.54) is 5.57 Å². The first-order valence-electron chi connectivity index (χ1n) is 5.31. The molecule has 0 saturated carbocycles. The van der Waals surface area contributed by atoms with Crippen molar-refractivity contribution in [3.63, 3.8) is 0 Å². The van der Waals surface area contributed by atoms with E-state index in [0.717, 1.165) is 29.9 Å². The summed E-state index contributed by atoms with van der Waals surface area (Å²) < 4.78 is 0. The molecule has 0 aliphatic carbocycles. The summed E-state index contributed by atoms with van der Waals surface area (Å²) in [4.78, 5) is 0. The molecule has 0 fully saturated rings. The Morgan fingerprint density at radius 3 is 2.14 bits per heavy atom. The van der Waals surface area contributed by atoms with Gasteiger partial charge in [0.1, 0.15) is 0 Å². The molecule has 0 nitrogen and oxygen atoms in total. The minimum Gasteiger partial charge on any atom is -0.0943 e. The fourth-order valence-electron chi connectivity index (χ4n) is 1.09. The van der Waals surface area contributed by atoms with Crippen molar-refractivity contribution in [2.75, 3.05) is 0 Å². The maximum Gasteiger partial charge on any atom is 0.0421 e. The summed E-state index contributed by atoms with van der Waals surface area (Å²) in [5.74, 6) is 0. The SMILES string of the molecule is C=C(CCC(C)(C)C)/C(Cl)=C(/C)CC. The van der Waals surface area contributed by atoms with Crippen LogP contribution in [-0.2, 0) is 0 Å². The molecule has 0 N–H and O–H groups in total. The van der Waals surface area contributed by atoms with Gasteiger partial charge < -0.3 is 0 Å². The van der Waals surface area contributed by atoms with E-state index in [-0.39, 0.29) is 0 Å². The molecule has 0 aromatic carbocycles. The van der Waals surface area contributed by atoms with Gasteiger partial charge in [0.2, 0.25) is 0 Å². The van der Waals surface area contributed by atoms with Crippen molar-refractivity contribution in [1.29, 1.82) is 0 Å². The van der Waals surface area contributed by atoms with Crippen LogP contribution in [0.25, 0.3) is 0 Å². The van der Waals surface area contributed by atoms with Gasteiger partial charge in [0, 0.05) is 5.03 Å². The van der Waals surface area contributed by atoms with Crippen LogP contribution >= 0.6 is 11.6 Å². The predicted molar refractivity (Wildman–Crippen MR) is 66.7 cm³/mol. The van der Waals surface area contributed by atoms with Gasteiger partial charge in [-0.3, -0.25) is 0 Å². The zero-order valence-electron chi connectivity index (χ0n) is 10.2. The molecule has 0 rings (SSSR count). The zero-order chi connectivity index (χ0) is 11.4. The molecule has 0 aliphatic rings. The number of allylic oxidation sites excluding steroid dienone is 3. The fourth-order valence-corrected chi connectivity index (χ4v) is 1.32. The molecule has 0 saturated heterocycles. The molecular formula is C13H23Cl. The normalized spacial score (nSPS) is 13.9. The van der Waals surface area contributed by atoms with Gasteiger partial charge in [0.25, 0.3) is 0 Å². The molecule has 0 bridgehead atoms. The van der Waals surface area contributed by atoms with Crippen LogP contribution in [0.1, 0.15) is 53.9 Å². The van der Waals surface area contributed by atoms with Crippen LogP contribution in [-0.4, -0.2) is 0 Å². The lowest BCUT2D eigenvalue weighted by atomic mass is 9.88.